The second-order valence-corrected chi connectivity index (χ2v) is 8.75. The summed E-state index contributed by atoms with van der Waals surface area (Å²) in [4.78, 5) is 26.3. The van der Waals surface area contributed by atoms with Gasteiger partial charge in [-0.2, -0.15) is 0 Å². The molecule has 6 nitrogen and oxygen atoms in total. The van der Waals surface area contributed by atoms with Gasteiger partial charge in [0.15, 0.2) is 0 Å². The van der Waals surface area contributed by atoms with Crippen molar-refractivity contribution >= 4 is 12.0 Å². The van der Waals surface area contributed by atoms with Gasteiger partial charge in [0.1, 0.15) is 11.9 Å². The van der Waals surface area contributed by atoms with Crippen molar-refractivity contribution in [2.45, 2.75) is 56.1 Å². The molecule has 2 aliphatic carbocycles. The number of halogens is 1. The van der Waals surface area contributed by atoms with Gasteiger partial charge in [0.2, 0.25) is 5.91 Å². The van der Waals surface area contributed by atoms with Gasteiger partial charge in [0.25, 0.3) is 0 Å². The van der Waals surface area contributed by atoms with Crippen molar-refractivity contribution < 1.29 is 23.8 Å². The van der Waals surface area contributed by atoms with E-state index in [2.05, 4.69) is 5.32 Å². The molecule has 2 atom stereocenters. The molecule has 2 saturated carbocycles. The zero-order valence-electron chi connectivity index (χ0n) is 16.8. The lowest BCUT2D eigenvalue weighted by molar-refractivity contribution is -0.146. The van der Waals surface area contributed by atoms with E-state index in [4.69, 9.17) is 4.74 Å². The lowest BCUT2D eigenvalue weighted by Gasteiger charge is -2.55. The monoisotopic (exact) mass is 404 g/mol. The zero-order chi connectivity index (χ0) is 20.6. The van der Waals surface area contributed by atoms with E-state index < -0.39 is 6.09 Å². The van der Waals surface area contributed by atoms with Gasteiger partial charge in [-0.25, -0.2) is 9.18 Å². The standard InChI is InChI=1S/C22H29FN2O4/c1-24-21(28)29-19-12-25(13-19)20(27)11-22(14-5-7-17(23)8-6-14)15-3-2-4-16(22)10-18(26)9-15/h5-8,15-16,18-19,26H,2-4,9-13H2,1H3,(H,24,28). The topological polar surface area (TPSA) is 78.9 Å². The molecule has 0 radical (unpaired) electrons. The molecule has 1 saturated heterocycles. The van der Waals surface area contributed by atoms with Gasteiger partial charge in [-0.15, -0.1) is 0 Å². The Labute approximate surface area is 170 Å². The summed E-state index contributed by atoms with van der Waals surface area (Å²) in [5, 5.41) is 12.8. The summed E-state index contributed by atoms with van der Waals surface area (Å²) >= 11 is 0. The smallest absolute Gasteiger partial charge is 0.407 e. The third-order valence-electron chi connectivity index (χ3n) is 7.18. The minimum absolute atomic E-state index is 0.0411. The van der Waals surface area contributed by atoms with Crippen molar-refractivity contribution in [1.82, 2.24) is 10.2 Å². The number of carbonyl (C=O) groups is 2. The third kappa shape index (κ3) is 3.72. The molecule has 29 heavy (non-hydrogen) atoms. The van der Waals surface area contributed by atoms with Gasteiger partial charge in [0, 0.05) is 18.9 Å². The van der Waals surface area contributed by atoms with E-state index >= 15 is 0 Å². The Hall–Kier alpha value is -2.15. The number of nitrogens with zero attached hydrogens (tertiary/aromatic N) is 1. The molecule has 3 fully saturated rings. The highest BCUT2D eigenvalue weighted by atomic mass is 19.1. The van der Waals surface area contributed by atoms with Gasteiger partial charge >= 0.3 is 6.09 Å². The van der Waals surface area contributed by atoms with E-state index in [9.17, 15) is 19.1 Å². The van der Waals surface area contributed by atoms with Crippen LogP contribution in [0.4, 0.5) is 9.18 Å². The van der Waals surface area contributed by atoms with Gasteiger partial charge < -0.3 is 20.1 Å². The number of alkyl carbamates (subject to hydrolysis) is 1. The number of aliphatic hydroxyl groups excluding tert-OH is 1. The number of hydrogen-bond acceptors (Lipinski definition) is 4. The van der Waals surface area contributed by atoms with Crippen LogP contribution >= 0.6 is 0 Å². The molecule has 2 N–H and O–H groups in total. The van der Waals surface area contributed by atoms with Crippen LogP contribution < -0.4 is 5.32 Å². The Morgan fingerprint density at radius 1 is 1.21 bits per heavy atom. The summed E-state index contributed by atoms with van der Waals surface area (Å²) in [6.45, 7) is 0.813. The van der Waals surface area contributed by atoms with E-state index in [0.29, 0.717) is 32.4 Å². The van der Waals surface area contributed by atoms with Crippen molar-refractivity contribution in [3.8, 4) is 0 Å². The molecular weight excluding hydrogens is 375 g/mol. The molecular formula is C22H29FN2O4. The maximum atomic E-state index is 13.6. The number of nitrogens with one attached hydrogen (secondary N) is 1. The molecule has 4 rings (SSSR count). The molecule has 0 aromatic heterocycles. The molecule has 1 aromatic rings. The minimum atomic E-state index is -0.485. The van der Waals surface area contributed by atoms with Gasteiger partial charge in [-0.05, 0) is 55.2 Å². The van der Waals surface area contributed by atoms with Crippen LogP contribution in [0.1, 0.15) is 44.1 Å². The summed E-state index contributed by atoms with van der Waals surface area (Å²) < 4.78 is 18.8. The lowest BCUT2D eigenvalue weighted by atomic mass is 9.50. The first kappa shape index (κ1) is 20.1. The first-order valence-electron chi connectivity index (χ1n) is 10.5. The molecule has 2 amide bonds. The number of ether oxygens (including phenoxy) is 1. The van der Waals surface area contributed by atoms with Crippen molar-refractivity contribution in [1.29, 1.82) is 0 Å². The third-order valence-corrected chi connectivity index (χ3v) is 7.18. The Bertz CT molecular complexity index is 749. The summed E-state index contributed by atoms with van der Waals surface area (Å²) in [5.74, 6) is 0.171. The number of hydrogen-bond donors (Lipinski definition) is 2. The van der Waals surface area contributed by atoms with Gasteiger partial charge in [-0.1, -0.05) is 18.6 Å². The largest absolute Gasteiger partial charge is 0.442 e. The zero-order valence-corrected chi connectivity index (χ0v) is 16.8. The first-order chi connectivity index (χ1) is 13.9. The Balaban J connectivity index is 1.55. The van der Waals surface area contributed by atoms with E-state index in [1.807, 2.05) is 12.1 Å². The summed E-state index contributed by atoms with van der Waals surface area (Å²) in [7, 11) is 1.51. The Morgan fingerprint density at radius 2 is 1.83 bits per heavy atom. The van der Waals surface area contributed by atoms with Crippen LogP contribution in [-0.2, 0) is 14.9 Å². The van der Waals surface area contributed by atoms with Crippen molar-refractivity contribution in [2.24, 2.45) is 11.8 Å². The van der Waals surface area contributed by atoms with Crippen molar-refractivity contribution in [2.75, 3.05) is 20.1 Å². The second-order valence-electron chi connectivity index (χ2n) is 8.75. The van der Waals surface area contributed by atoms with Crippen LogP contribution in [-0.4, -0.2) is 54.4 Å². The summed E-state index contributed by atoms with van der Waals surface area (Å²) in [6, 6.07) is 6.58. The second kappa shape index (κ2) is 7.94. The maximum Gasteiger partial charge on any atom is 0.407 e. The molecule has 3 aliphatic rings. The van der Waals surface area contributed by atoms with E-state index in [1.165, 1.54) is 19.2 Å². The summed E-state index contributed by atoms with van der Waals surface area (Å²) in [5.41, 5.74) is 0.641. The number of aliphatic hydroxyl groups is 1. The molecule has 1 aromatic carbocycles. The highest BCUT2D eigenvalue weighted by Crippen LogP contribution is 2.56. The van der Waals surface area contributed by atoms with Crippen LogP contribution in [0.3, 0.4) is 0 Å². The molecule has 2 unspecified atom stereocenters. The van der Waals surface area contributed by atoms with Gasteiger partial charge in [0.05, 0.1) is 19.2 Å². The molecule has 7 heteroatoms. The van der Waals surface area contributed by atoms with Crippen LogP contribution in [0.25, 0.3) is 0 Å². The summed E-state index contributed by atoms with van der Waals surface area (Å²) in [6.07, 6.45) is 3.68. The predicted molar refractivity (Wildman–Crippen MR) is 105 cm³/mol. The fraction of sp³-hybridized carbons (Fsp3) is 0.636. The fourth-order valence-corrected chi connectivity index (χ4v) is 5.78. The molecule has 158 valence electrons. The SMILES string of the molecule is CNC(=O)OC1CN(C(=O)CC2(c3ccc(F)cc3)C3CCCC2CC(O)C3)C1. The normalized spacial score (nSPS) is 31.7. The fourth-order valence-electron chi connectivity index (χ4n) is 5.78. The Morgan fingerprint density at radius 3 is 2.41 bits per heavy atom. The highest BCUT2D eigenvalue weighted by molar-refractivity contribution is 5.79. The van der Waals surface area contributed by atoms with Gasteiger partial charge in [-0.3, -0.25) is 4.79 Å². The minimum Gasteiger partial charge on any atom is -0.442 e. The number of carbonyl (C=O) groups excluding carboxylic acids is 2. The molecule has 1 heterocycles. The van der Waals surface area contributed by atoms with Crippen LogP contribution in [0, 0.1) is 17.7 Å². The van der Waals surface area contributed by atoms with Crippen LogP contribution in [0.2, 0.25) is 0 Å². The number of likely N-dealkylation sites (tertiary alicyclic amines) is 1. The molecule has 2 bridgehead atoms. The van der Waals surface area contributed by atoms with Crippen molar-refractivity contribution in [3.63, 3.8) is 0 Å². The predicted octanol–water partition coefficient (Wildman–Crippen LogP) is 2.59. The highest BCUT2D eigenvalue weighted by Gasteiger charge is 2.54. The van der Waals surface area contributed by atoms with Crippen molar-refractivity contribution in [3.05, 3.63) is 35.6 Å². The molecule has 0 spiro atoms. The van der Waals surface area contributed by atoms with E-state index in [0.717, 1.165) is 24.8 Å². The maximum absolute atomic E-state index is 13.6. The number of fused-ring (bicyclic) bond motifs is 2. The van der Waals surface area contributed by atoms with Crippen LogP contribution in [0.5, 0.6) is 0 Å². The van der Waals surface area contributed by atoms with E-state index in [1.54, 1.807) is 4.90 Å². The Kier molecular flexibility index (Phi) is 5.51. The average Bonchev–Trinajstić information content (AvgIpc) is 2.65. The lowest BCUT2D eigenvalue weighted by Crippen LogP contribution is -2.59. The molecule has 1 aliphatic heterocycles. The van der Waals surface area contributed by atoms with Crippen LogP contribution in [0.15, 0.2) is 24.3 Å². The quantitative estimate of drug-likeness (QED) is 0.809. The number of benzene rings is 1. The van der Waals surface area contributed by atoms with E-state index in [-0.39, 0.29) is 41.2 Å². The first-order valence-corrected chi connectivity index (χ1v) is 10.5. The average molecular weight is 404 g/mol. The number of rotatable bonds is 4. The number of amides is 2.